The molecule has 0 radical (unpaired) electrons. The van der Waals surface area contributed by atoms with Gasteiger partial charge in [-0.1, -0.05) is 0 Å². The fourth-order valence-electron chi connectivity index (χ4n) is 2.96. The molecule has 0 aliphatic carbocycles. The summed E-state index contributed by atoms with van der Waals surface area (Å²) in [6, 6.07) is 11.6. The Morgan fingerprint density at radius 1 is 1.04 bits per heavy atom. The van der Waals surface area contributed by atoms with Crippen LogP contribution in [-0.2, 0) is 24.1 Å². The molecule has 0 unspecified atom stereocenters. The second kappa shape index (κ2) is 7.16. The number of imidazole rings is 1. The summed E-state index contributed by atoms with van der Waals surface area (Å²) in [5, 5.41) is 2.80. The molecule has 8 nitrogen and oxygen atoms in total. The third-order valence-corrected chi connectivity index (χ3v) is 6.58. The molecule has 2 aromatic carbocycles. The fraction of sp³-hybridized carbons (Fsp3) is 0.263. The van der Waals surface area contributed by atoms with Crippen molar-refractivity contribution in [2.45, 2.75) is 6.92 Å². The van der Waals surface area contributed by atoms with Gasteiger partial charge in [-0.05, 0) is 49.4 Å². The van der Waals surface area contributed by atoms with E-state index in [4.69, 9.17) is 0 Å². The van der Waals surface area contributed by atoms with Crippen molar-refractivity contribution in [3.63, 3.8) is 0 Å². The number of hydrogen-bond acceptors (Lipinski definition) is 4. The zero-order chi connectivity index (χ0) is 20.6. The number of anilines is 2. The van der Waals surface area contributed by atoms with Crippen molar-refractivity contribution in [2.75, 3.05) is 22.4 Å². The number of carbonyl (C=O) groups is 1. The predicted molar refractivity (Wildman–Crippen MR) is 110 cm³/mol. The molecule has 1 amide bonds. The largest absolute Gasteiger partial charge is 0.328 e. The molecule has 0 fully saturated rings. The third-order valence-electron chi connectivity index (χ3n) is 4.81. The minimum atomic E-state index is -3.36. The summed E-state index contributed by atoms with van der Waals surface area (Å²) in [5.41, 5.74) is 2.79. The zero-order valence-electron chi connectivity index (χ0n) is 16.1. The maximum Gasteiger partial charge on any atom is 0.328 e. The van der Waals surface area contributed by atoms with Crippen LogP contribution in [0.1, 0.15) is 17.3 Å². The Balaban J connectivity index is 1.83. The molecule has 0 bridgehead atoms. The van der Waals surface area contributed by atoms with E-state index < -0.39 is 10.0 Å². The Labute approximate surface area is 163 Å². The van der Waals surface area contributed by atoms with E-state index in [0.29, 0.717) is 22.5 Å². The molecule has 1 aromatic heterocycles. The number of benzene rings is 2. The number of carbonyl (C=O) groups excluding carboxylic acids is 1. The lowest BCUT2D eigenvalue weighted by atomic mass is 10.2. The van der Waals surface area contributed by atoms with Crippen LogP contribution in [0.4, 0.5) is 11.4 Å². The van der Waals surface area contributed by atoms with Gasteiger partial charge in [0.2, 0.25) is 10.0 Å². The smallest absolute Gasteiger partial charge is 0.322 e. The molecule has 148 valence electrons. The Bertz CT molecular complexity index is 1210. The van der Waals surface area contributed by atoms with E-state index >= 15 is 0 Å². The Morgan fingerprint density at radius 2 is 1.64 bits per heavy atom. The number of rotatable bonds is 5. The highest BCUT2D eigenvalue weighted by atomic mass is 32.2. The molecule has 1 N–H and O–H groups in total. The third kappa shape index (κ3) is 3.40. The quantitative estimate of drug-likeness (QED) is 0.706. The van der Waals surface area contributed by atoms with Gasteiger partial charge in [0.1, 0.15) is 0 Å². The number of amides is 1. The number of aryl methyl sites for hydroxylation is 2. The van der Waals surface area contributed by atoms with Crippen molar-refractivity contribution in [1.82, 2.24) is 9.13 Å². The Hall–Kier alpha value is -3.07. The van der Waals surface area contributed by atoms with Gasteiger partial charge in [-0.15, -0.1) is 0 Å². The lowest BCUT2D eigenvalue weighted by Gasteiger charge is -2.18. The first kappa shape index (κ1) is 19.7. The molecule has 0 aliphatic heterocycles. The number of nitrogens with one attached hydrogen (secondary N) is 1. The molecule has 0 spiro atoms. The van der Waals surface area contributed by atoms with Crippen LogP contribution in [0.5, 0.6) is 0 Å². The van der Waals surface area contributed by atoms with E-state index in [1.165, 1.54) is 15.9 Å². The van der Waals surface area contributed by atoms with Gasteiger partial charge < -0.3 is 5.32 Å². The van der Waals surface area contributed by atoms with Crippen LogP contribution in [0.3, 0.4) is 0 Å². The van der Waals surface area contributed by atoms with Crippen molar-refractivity contribution in [3.8, 4) is 0 Å². The van der Waals surface area contributed by atoms with Gasteiger partial charge in [0.25, 0.3) is 5.91 Å². The highest BCUT2D eigenvalue weighted by Gasteiger charge is 2.16. The molecule has 28 heavy (non-hydrogen) atoms. The molecule has 0 saturated carbocycles. The highest BCUT2D eigenvalue weighted by Crippen LogP contribution is 2.20. The normalized spacial score (nSPS) is 11.6. The summed E-state index contributed by atoms with van der Waals surface area (Å²) in [6.45, 7) is 1.58. The van der Waals surface area contributed by atoms with Gasteiger partial charge in [0.05, 0.1) is 22.5 Å². The minimum Gasteiger partial charge on any atom is -0.322 e. The average Bonchev–Trinajstić information content (AvgIpc) is 2.91. The summed E-state index contributed by atoms with van der Waals surface area (Å²) in [6.07, 6.45) is 0. The fourth-order valence-corrected chi connectivity index (χ4v) is 3.80. The lowest BCUT2D eigenvalue weighted by Crippen LogP contribution is -2.28. The molecular formula is C19H22N4O4S. The number of fused-ring (bicyclic) bond motifs is 1. The van der Waals surface area contributed by atoms with Crippen LogP contribution >= 0.6 is 0 Å². The van der Waals surface area contributed by atoms with E-state index in [9.17, 15) is 18.0 Å². The van der Waals surface area contributed by atoms with E-state index in [1.54, 1.807) is 68.1 Å². The molecule has 0 saturated heterocycles. The van der Waals surface area contributed by atoms with Crippen LogP contribution < -0.4 is 15.3 Å². The van der Waals surface area contributed by atoms with Crippen LogP contribution in [-0.4, -0.2) is 36.3 Å². The lowest BCUT2D eigenvalue weighted by molar-refractivity contribution is 0.102. The van der Waals surface area contributed by atoms with Crippen LogP contribution in [0, 0.1) is 0 Å². The molecule has 3 aromatic rings. The van der Waals surface area contributed by atoms with Crippen molar-refractivity contribution >= 4 is 38.3 Å². The maximum atomic E-state index is 12.5. The first-order valence-electron chi connectivity index (χ1n) is 8.69. The van der Waals surface area contributed by atoms with Crippen molar-refractivity contribution in [1.29, 1.82) is 0 Å². The number of aromatic nitrogens is 2. The monoisotopic (exact) mass is 402 g/mol. The summed E-state index contributed by atoms with van der Waals surface area (Å²) >= 11 is 0. The number of hydrogen-bond donors (Lipinski definition) is 1. The maximum absolute atomic E-state index is 12.5. The summed E-state index contributed by atoms with van der Waals surface area (Å²) < 4.78 is 28.1. The number of sulfonamides is 1. The molecule has 1 heterocycles. The summed E-state index contributed by atoms with van der Waals surface area (Å²) in [5.74, 6) is -0.330. The number of nitrogens with zero attached hydrogens (tertiary/aromatic N) is 3. The SMILES string of the molecule is CCS(=O)(=O)N(C)c1ccc(C(=O)Nc2ccc3c(c2)n(C)c(=O)n3C)cc1. The van der Waals surface area contributed by atoms with Crippen LogP contribution in [0.25, 0.3) is 11.0 Å². The zero-order valence-corrected chi connectivity index (χ0v) is 16.9. The van der Waals surface area contributed by atoms with Crippen LogP contribution in [0.15, 0.2) is 47.3 Å². The van der Waals surface area contributed by atoms with Crippen molar-refractivity contribution < 1.29 is 13.2 Å². The first-order chi connectivity index (χ1) is 13.2. The topological polar surface area (TPSA) is 93.4 Å². The predicted octanol–water partition coefficient (Wildman–Crippen LogP) is 1.92. The molecule has 0 atom stereocenters. The summed E-state index contributed by atoms with van der Waals surface area (Å²) in [4.78, 5) is 24.5. The standard InChI is InChI=1S/C19H22N4O4S/c1-5-28(26,27)23(4)15-9-6-13(7-10-15)18(24)20-14-8-11-16-17(12-14)22(3)19(25)21(16)2/h6-12H,5H2,1-4H3,(H,20,24). The molecule has 3 rings (SSSR count). The van der Waals surface area contributed by atoms with E-state index in [0.717, 1.165) is 5.52 Å². The first-order valence-corrected chi connectivity index (χ1v) is 10.3. The van der Waals surface area contributed by atoms with Gasteiger partial charge in [-0.2, -0.15) is 0 Å². The van der Waals surface area contributed by atoms with Crippen molar-refractivity contribution in [3.05, 3.63) is 58.5 Å². The van der Waals surface area contributed by atoms with Gasteiger partial charge in [-0.25, -0.2) is 13.2 Å². The Morgan fingerprint density at radius 3 is 2.25 bits per heavy atom. The second-order valence-corrected chi connectivity index (χ2v) is 8.76. The Kier molecular flexibility index (Phi) is 5.03. The molecule has 9 heteroatoms. The van der Waals surface area contributed by atoms with E-state index in [1.807, 2.05) is 0 Å². The van der Waals surface area contributed by atoms with Gasteiger partial charge >= 0.3 is 5.69 Å². The van der Waals surface area contributed by atoms with Crippen LogP contribution in [0.2, 0.25) is 0 Å². The molecular weight excluding hydrogens is 380 g/mol. The van der Waals surface area contributed by atoms with Gasteiger partial charge in [-0.3, -0.25) is 18.2 Å². The molecule has 0 aliphatic rings. The van der Waals surface area contributed by atoms with Gasteiger partial charge in [0, 0.05) is 32.4 Å². The van der Waals surface area contributed by atoms with E-state index in [-0.39, 0.29) is 17.3 Å². The highest BCUT2D eigenvalue weighted by molar-refractivity contribution is 7.92. The summed E-state index contributed by atoms with van der Waals surface area (Å²) in [7, 11) is 1.49. The second-order valence-electron chi connectivity index (χ2n) is 6.47. The van der Waals surface area contributed by atoms with Crippen molar-refractivity contribution in [2.24, 2.45) is 14.1 Å². The minimum absolute atomic E-state index is 0.00377. The average molecular weight is 402 g/mol. The van der Waals surface area contributed by atoms with Gasteiger partial charge in [0.15, 0.2) is 0 Å². The van der Waals surface area contributed by atoms with E-state index in [2.05, 4.69) is 5.32 Å².